The van der Waals surface area contributed by atoms with Crippen molar-refractivity contribution >= 4 is 27.8 Å². The summed E-state index contributed by atoms with van der Waals surface area (Å²) in [5.41, 5.74) is 0.173. The number of rotatable bonds is 3. The highest BCUT2D eigenvalue weighted by atomic mass is 79.9. The van der Waals surface area contributed by atoms with E-state index in [0.29, 0.717) is 19.0 Å². The molecule has 0 N–H and O–H groups in total. The molecular weight excluding hydrogens is 370 g/mol. The van der Waals surface area contributed by atoms with E-state index in [1.807, 2.05) is 0 Å². The van der Waals surface area contributed by atoms with Crippen LogP contribution in [0.1, 0.15) is 5.56 Å². The Labute approximate surface area is 140 Å². The minimum Gasteiger partial charge on any atom is -0.335 e. The quantitative estimate of drug-likeness (QED) is 0.817. The molecule has 1 aliphatic rings. The highest BCUT2D eigenvalue weighted by Crippen LogP contribution is 2.17. The summed E-state index contributed by atoms with van der Waals surface area (Å²) in [6, 6.07) is 3.25. The summed E-state index contributed by atoms with van der Waals surface area (Å²) in [5, 5.41) is 0. The van der Waals surface area contributed by atoms with Crippen LogP contribution in [0.25, 0.3) is 0 Å². The molecule has 1 aromatic carbocycles. The van der Waals surface area contributed by atoms with Crippen LogP contribution in [0.5, 0.6) is 0 Å². The van der Waals surface area contributed by atoms with Crippen molar-refractivity contribution in [3.8, 4) is 0 Å². The van der Waals surface area contributed by atoms with E-state index in [-0.39, 0.29) is 24.6 Å². The molecule has 1 fully saturated rings. The van der Waals surface area contributed by atoms with Gasteiger partial charge >= 0.3 is 0 Å². The molecule has 1 amide bonds. The van der Waals surface area contributed by atoms with E-state index in [1.54, 1.807) is 17.3 Å². The van der Waals surface area contributed by atoms with Gasteiger partial charge in [-0.05, 0) is 34.1 Å². The van der Waals surface area contributed by atoms with Crippen molar-refractivity contribution < 1.29 is 13.6 Å². The Kier molecular flexibility index (Phi) is 4.51. The van der Waals surface area contributed by atoms with Crippen molar-refractivity contribution in [1.82, 2.24) is 14.9 Å². The van der Waals surface area contributed by atoms with Crippen molar-refractivity contribution in [2.45, 2.75) is 6.54 Å². The zero-order chi connectivity index (χ0) is 16.4. The lowest BCUT2D eigenvalue weighted by Crippen LogP contribution is -2.50. The van der Waals surface area contributed by atoms with Crippen LogP contribution in [-0.4, -0.2) is 40.4 Å². The van der Waals surface area contributed by atoms with Crippen LogP contribution >= 0.6 is 15.9 Å². The van der Waals surface area contributed by atoms with Gasteiger partial charge in [0.25, 0.3) is 0 Å². The maximum absolute atomic E-state index is 13.7. The minimum atomic E-state index is -0.518. The SMILES string of the molecule is O=C1CN(c2ncc(Br)cn2)CCN1Cc1cc(F)ccc1F. The van der Waals surface area contributed by atoms with Crippen molar-refractivity contribution in [2.75, 3.05) is 24.5 Å². The molecular formula is C15H13BrF2N4O. The van der Waals surface area contributed by atoms with Gasteiger partial charge in [-0.3, -0.25) is 4.79 Å². The van der Waals surface area contributed by atoms with E-state index in [0.717, 1.165) is 22.7 Å². The van der Waals surface area contributed by atoms with Gasteiger partial charge in [-0.15, -0.1) is 0 Å². The Hall–Kier alpha value is -2.09. The Balaban J connectivity index is 1.68. The molecule has 2 aromatic rings. The molecule has 0 aliphatic carbocycles. The summed E-state index contributed by atoms with van der Waals surface area (Å²) in [5.74, 6) is -0.738. The molecule has 0 saturated carbocycles. The van der Waals surface area contributed by atoms with Gasteiger partial charge in [0.05, 0.1) is 4.47 Å². The first kappa shape index (κ1) is 15.8. The van der Waals surface area contributed by atoms with E-state index in [4.69, 9.17) is 0 Å². The highest BCUT2D eigenvalue weighted by Gasteiger charge is 2.26. The van der Waals surface area contributed by atoms with Gasteiger partial charge in [0.1, 0.15) is 18.2 Å². The van der Waals surface area contributed by atoms with Crippen molar-refractivity contribution in [3.05, 3.63) is 52.3 Å². The summed E-state index contributed by atoms with van der Waals surface area (Å²) >= 11 is 3.26. The largest absolute Gasteiger partial charge is 0.335 e. The molecule has 1 aromatic heterocycles. The summed E-state index contributed by atoms with van der Waals surface area (Å²) < 4.78 is 27.7. The highest BCUT2D eigenvalue weighted by molar-refractivity contribution is 9.10. The van der Waals surface area contributed by atoms with Crippen LogP contribution < -0.4 is 4.90 Å². The van der Waals surface area contributed by atoms with Gasteiger partial charge < -0.3 is 9.80 Å². The molecule has 3 rings (SSSR count). The molecule has 0 atom stereocenters. The van der Waals surface area contributed by atoms with Crippen LogP contribution in [0, 0.1) is 11.6 Å². The molecule has 1 saturated heterocycles. The Morgan fingerprint density at radius 3 is 2.61 bits per heavy atom. The fourth-order valence-electron chi connectivity index (χ4n) is 2.39. The summed E-state index contributed by atoms with van der Waals surface area (Å²) in [6.07, 6.45) is 3.22. The van der Waals surface area contributed by atoms with Gasteiger partial charge in [0.2, 0.25) is 11.9 Å². The number of hydrogen-bond acceptors (Lipinski definition) is 4. The third-order valence-corrected chi connectivity index (χ3v) is 3.99. The number of halogens is 3. The Morgan fingerprint density at radius 2 is 1.91 bits per heavy atom. The monoisotopic (exact) mass is 382 g/mol. The van der Waals surface area contributed by atoms with Crippen molar-refractivity contribution in [1.29, 1.82) is 0 Å². The van der Waals surface area contributed by atoms with Crippen LogP contribution in [-0.2, 0) is 11.3 Å². The lowest BCUT2D eigenvalue weighted by molar-refractivity contribution is -0.131. The molecule has 120 valence electrons. The Morgan fingerprint density at radius 1 is 1.17 bits per heavy atom. The van der Waals surface area contributed by atoms with Crippen LogP contribution in [0.3, 0.4) is 0 Å². The second-order valence-electron chi connectivity index (χ2n) is 5.17. The van der Waals surface area contributed by atoms with Crippen molar-refractivity contribution in [3.63, 3.8) is 0 Å². The van der Waals surface area contributed by atoms with Crippen molar-refractivity contribution in [2.24, 2.45) is 0 Å². The second-order valence-corrected chi connectivity index (χ2v) is 6.09. The molecule has 23 heavy (non-hydrogen) atoms. The standard InChI is InChI=1S/C15H13BrF2N4O/c16-11-6-19-15(20-7-11)22-4-3-21(14(23)9-22)8-10-5-12(17)1-2-13(10)18/h1-2,5-7H,3-4,8-9H2. The van der Waals surface area contributed by atoms with Gasteiger partial charge in [0, 0.05) is 37.6 Å². The third kappa shape index (κ3) is 3.64. The van der Waals surface area contributed by atoms with E-state index in [9.17, 15) is 13.6 Å². The lowest BCUT2D eigenvalue weighted by Gasteiger charge is -2.34. The smallest absolute Gasteiger partial charge is 0.242 e. The number of aromatic nitrogens is 2. The summed E-state index contributed by atoms with van der Waals surface area (Å²) in [6.45, 7) is 1.09. The van der Waals surface area contributed by atoms with Crippen LogP contribution in [0.2, 0.25) is 0 Å². The topological polar surface area (TPSA) is 49.3 Å². The minimum absolute atomic E-state index is 0.0530. The van der Waals surface area contributed by atoms with E-state index in [1.165, 1.54) is 4.90 Å². The Bertz CT molecular complexity index is 726. The number of anilines is 1. The lowest BCUT2D eigenvalue weighted by atomic mass is 10.1. The molecule has 0 bridgehead atoms. The normalized spacial score (nSPS) is 15.2. The summed E-state index contributed by atoms with van der Waals surface area (Å²) in [7, 11) is 0. The fourth-order valence-corrected chi connectivity index (χ4v) is 2.59. The van der Waals surface area contributed by atoms with Gasteiger partial charge in [-0.2, -0.15) is 0 Å². The van der Waals surface area contributed by atoms with E-state index >= 15 is 0 Å². The predicted octanol–water partition coefficient (Wildman–Crippen LogP) is 2.37. The third-order valence-electron chi connectivity index (χ3n) is 3.58. The molecule has 5 nitrogen and oxygen atoms in total. The number of piperazine rings is 1. The molecule has 2 heterocycles. The van der Waals surface area contributed by atoms with Gasteiger partial charge in [-0.1, -0.05) is 0 Å². The average molecular weight is 383 g/mol. The maximum Gasteiger partial charge on any atom is 0.242 e. The van der Waals surface area contributed by atoms with Crippen LogP contribution in [0.15, 0.2) is 35.1 Å². The molecule has 0 spiro atoms. The number of nitrogens with zero attached hydrogens (tertiary/aromatic N) is 4. The fraction of sp³-hybridized carbons (Fsp3) is 0.267. The first-order chi connectivity index (χ1) is 11.0. The first-order valence-corrected chi connectivity index (χ1v) is 7.76. The van der Waals surface area contributed by atoms with Crippen LogP contribution in [0.4, 0.5) is 14.7 Å². The van der Waals surface area contributed by atoms with E-state index < -0.39 is 11.6 Å². The second kappa shape index (κ2) is 6.57. The molecule has 0 unspecified atom stereocenters. The molecule has 8 heteroatoms. The average Bonchev–Trinajstić information content (AvgIpc) is 2.53. The predicted molar refractivity (Wildman–Crippen MR) is 83.7 cm³/mol. The zero-order valence-corrected chi connectivity index (χ0v) is 13.6. The van der Waals surface area contributed by atoms with Gasteiger partial charge in [0.15, 0.2) is 0 Å². The number of carbonyl (C=O) groups excluding carboxylic acids is 1. The maximum atomic E-state index is 13.7. The summed E-state index contributed by atoms with van der Waals surface area (Å²) in [4.78, 5) is 23.8. The first-order valence-electron chi connectivity index (χ1n) is 6.97. The zero-order valence-electron chi connectivity index (χ0n) is 12.0. The molecule has 1 aliphatic heterocycles. The number of hydrogen-bond donors (Lipinski definition) is 0. The number of amides is 1. The number of carbonyl (C=O) groups is 1. The molecule has 0 radical (unpaired) electrons. The van der Waals surface area contributed by atoms with Gasteiger partial charge in [-0.25, -0.2) is 18.7 Å². The number of benzene rings is 1. The van der Waals surface area contributed by atoms with E-state index in [2.05, 4.69) is 25.9 Å².